The SMILES string of the molecule is Cc1nn(C2CCN(Cc3ccccc3)C2C)c(N)c1Cl. The molecule has 0 radical (unpaired) electrons. The lowest BCUT2D eigenvalue weighted by atomic mass is 10.1. The summed E-state index contributed by atoms with van der Waals surface area (Å²) in [6.45, 7) is 6.16. The molecular weight excluding hydrogens is 284 g/mol. The van der Waals surface area contributed by atoms with Crippen LogP contribution >= 0.6 is 11.6 Å². The first kappa shape index (κ1) is 14.4. The van der Waals surface area contributed by atoms with Gasteiger partial charge >= 0.3 is 0 Å². The molecule has 2 N–H and O–H groups in total. The molecule has 0 bridgehead atoms. The lowest BCUT2D eigenvalue weighted by Gasteiger charge is -2.25. The molecule has 1 aliphatic heterocycles. The summed E-state index contributed by atoms with van der Waals surface area (Å²) in [4.78, 5) is 2.48. The zero-order chi connectivity index (χ0) is 15.0. The van der Waals surface area contributed by atoms with Gasteiger partial charge in [-0.05, 0) is 25.8 Å². The predicted octanol–water partition coefficient (Wildman–Crippen LogP) is 3.26. The van der Waals surface area contributed by atoms with Crippen LogP contribution in [0.1, 0.15) is 30.6 Å². The molecule has 1 saturated heterocycles. The Bertz CT molecular complexity index is 623. The summed E-state index contributed by atoms with van der Waals surface area (Å²) in [5.74, 6) is 0.590. The van der Waals surface area contributed by atoms with Crippen LogP contribution in [0.2, 0.25) is 5.02 Å². The number of hydrogen-bond donors (Lipinski definition) is 1. The third kappa shape index (κ3) is 2.65. The number of nitrogens with two attached hydrogens (primary N) is 1. The van der Waals surface area contributed by atoms with Crippen molar-refractivity contribution in [1.82, 2.24) is 14.7 Å². The number of nitrogens with zero attached hydrogens (tertiary/aromatic N) is 3. The Balaban J connectivity index is 1.77. The second kappa shape index (κ2) is 5.70. The van der Waals surface area contributed by atoms with E-state index in [0.29, 0.717) is 22.9 Å². The van der Waals surface area contributed by atoms with Crippen molar-refractivity contribution in [3.8, 4) is 0 Å². The normalized spacial score (nSPS) is 22.8. The third-order valence-corrected chi connectivity index (χ3v) is 4.90. The van der Waals surface area contributed by atoms with Crippen molar-refractivity contribution in [2.24, 2.45) is 0 Å². The van der Waals surface area contributed by atoms with Gasteiger partial charge in [-0.3, -0.25) is 4.90 Å². The van der Waals surface area contributed by atoms with Gasteiger partial charge in [0.25, 0.3) is 0 Å². The molecule has 1 aromatic heterocycles. The van der Waals surface area contributed by atoms with Crippen LogP contribution in [0.3, 0.4) is 0 Å². The second-order valence-corrected chi connectivity index (χ2v) is 6.16. The highest BCUT2D eigenvalue weighted by molar-refractivity contribution is 6.33. The smallest absolute Gasteiger partial charge is 0.141 e. The number of benzene rings is 1. The van der Waals surface area contributed by atoms with Crippen LogP contribution < -0.4 is 5.73 Å². The van der Waals surface area contributed by atoms with E-state index in [1.54, 1.807) is 0 Å². The van der Waals surface area contributed by atoms with Crippen molar-refractivity contribution in [2.75, 3.05) is 12.3 Å². The molecule has 112 valence electrons. The summed E-state index contributed by atoms with van der Waals surface area (Å²) in [5.41, 5.74) is 8.24. The van der Waals surface area contributed by atoms with E-state index < -0.39 is 0 Å². The standard InChI is InChI=1S/C16H21ClN4/c1-11-15(17)16(18)21(19-11)14-8-9-20(12(14)2)10-13-6-4-3-5-7-13/h3-7,12,14H,8-10,18H2,1-2H3. The Morgan fingerprint density at radius 3 is 2.67 bits per heavy atom. The van der Waals surface area contributed by atoms with Crippen molar-refractivity contribution in [3.63, 3.8) is 0 Å². The van der Waals surface area contributed by atoms with Gasteiger partial charge in [0.2, 0.25) is 0 Å². The molecule has 2 heterocycles. The summed E-state index contributed by atoms with van der Waals surface area (Å²) in [6.07, 6.45) is 1.05. The lowest BCUT2D eigenvalue weighted by Crippen LogP contribution is -2.31. The Labute approximate surface area is 130 Å². The number of hydrogen-bond acceptors (Lipinski definition) is 3. The highest BCUT2D eigenvalue weighted by atomic mass is 35.5. The van der Waals surface area contributed by atoms with Gasteiger partial charge in [-0.15, -0.1) is 0 Å². The quantitative estimate of drug-likeness (QED) is 0.947. The first-order chi connectivity index (χ1) is 10.1. The predicted molar refractivity (Wildman–Crippen MR) is 86.4 cm³/mol. The van der Waals surface area contributed by atoms with Crippen molar-refractivity contribution in [3.05, 3.63) is 46.6 Å². The molecule has 4 nitrogen and oxygen atoms in total. The van der Waals surface area contributed by atoms with Crippen molar-refractivity contribution < 1.29 is 0 Å². The fourth-order valence-corrected chi connectivity index (χ4v) is 3.28. The first-order valence-electron chi connectivity index (χ1n) is 7.36. The Hall–Kier alpha value is -1.52. The fraction of sp³-hybridized carbons (Fsp3) is 0.438. The molecule has 3 rings (SSSR count). The van der Waals surface area contributed by atoms with Crippen LogP contribution in [0.4, 0.5) is 5.82 Å². The van der Waals surface area contributed by atoms with Gasteiger partial charge in [0, 0.05) is 19.1 Å². The Morgan fingerprint density at radius 2 is 2.05 bits per heavy atom. The lowest BCUT2D eigenvalue weighted by molar-refractivity contribution is 0.230. The zero-order valence-electron chi connectivity index (χ0n) is 12.5. The molecule has 1 aliphatic rings. The van der Waals surface area contributed by atoms with Crippen LogP contribution in [0.15, 0.2) is 30.3 Å². The summed E-state index contributed by atoms with van der Waals surface area (Å²) < 4.78 is 1.91. The largest absolute Gasteiger partial charge is 0.383 e. The van der Waals surface area contributed by atoms with Crippen molar-refractivity contribution in [2.45, 2.75) is 38.9 Å². The number of aromatic nitrogens is 2. The van der Waals surface area contributed by atoms with E-state index in [9.17, 15) is 0 Å². The van der Waals surface area contributed by atoms with Gasteiger partial charge in [-0.2, -0.15) is 5.10 Å². The molecule has 0 spiro atoms. The van der Waals surface area contributed by atoms with E-state index >= 15 is 0 Å². The Morgan fingerprint density at radius 1 is 1.33 bits per heavy atom. The highest BCUT2D eigenvalue weighted by Crippen LogP contribution is 2.34. The molecular formula is C16H21ClN4. The minimum Gasteiger partial charge on any atom is -0.383 e. The summed E-state index contributed by atoms with van der Waals surface area (Å²) in [7, 11) is 0. The topological polar surface area (TPSA) is 47.1 Å². The summed E-state index contributed by atoms with van der Waals surface area (Å²) in [6, 6.07) is 11.2. The van der Waals surface area contributed by atoms with Crippen LogP contribution in [-0.4, -0.2) is 27.3 Å². The maximum Gasteiger partial charge on any atom is 0.141 e. The minimum absolute atomic E-state index is 0.292. The number of halogens is 1. The number of aryl methyl sites for hydroxylation is 1. The van der Waals surface area contributed by atoms with Crippen LogP contribution in [-0.2, 0) is 6.54 Å². The van der Waals surface area contributed by atoms with Gasteiger partial charge in [-0.1, -0.05) is 41.9 Å². The monoisotopic (exact) mass is 304 g/mol. The van der Waals surface area contributed by atoms with Crippen molar-refractivity contribution in [1.29, 1.82) is 0 Å². The molecule has 0 amide bonds. The fourth-order valence-electron chi connectivity index (χ4n) is 3.15. The number of rotatable bonds is 3. The average Bonchev–Trinajstić information content (AvgIpc) is 2.96. The molecule has 0 saturated carbocycles. The maximum atomic E-state index is 6.17. The van der Waals surface area contributed by atoms with Gasteiger partial charge in [0.1, 0.15) is 10.8 Å². The van der Waals surface area contributed by atoms with E-state index in [4.69, 9.17) is 17.3 Å². The molecule has 0 aliphatic carbocycles. The van der Waals surface area contributed by atoms with Gasteiger partial charge in [0.05, 0.1) is 11.7 Å². The van der Waals surface area contributed by atoms with Crippen LogP contribution in [0.5, 0.6) is 0 Å². The maximum absolute atomic E-state index is 6.17. The molecule has 2 aromatic rings. The Kier molecular flexibility index (Phi) is 3.91. The minimum atomic E-state index is 0.292. The van der Waals surface area contributed by atoms with Gasteiger partial charge in [0.15, 0.2) is 0 Å². The van der Waals surface area contributed by atoms with Crippen molar-refractivity contribution >= 4 is 17.4 Å². The molecule has 2 atom stereocenters. The molecule has 5 heteroatoms. The molecule has 1 aromatic carbocycles. The van der Waals surface area contributed by atoms with E-state index in [1.807, 2.05) is 11.6 Å². The second-order valence-electron chi connectivity index (χ2n) is 5.78. The van der Waals surface area contributed by atoms with Gasteiger partial charge in [-0.25, -0.2) is 4.68 Å². The zero-order valence-corrected chi connectivity index (χ0v) is 13.2. The first-order valence-corrected chi connectivity index (χ1v) is 7.73. The average molecular weight is 305 g/mol. The highest BCUT2D eigenvalue weighted by Gasteiger charge is 2.34. The van der Waals surface area contributed by atoms with E-state index in [0.717, 1.165) is 25.2 Å². The molecule has 2 unspecified atom stereocenters. The number of anilines is 1. The van der Waals surface area contributed by atoms with E-state index in [2.05, 4.69) is 47.3 Å². The van der Waals surface area contributed by atoms with Gasteiger partial charge < -0.3 is 5.73 Å². The van der Waals surface area contributed by atoms with Crippen LogP contribution in [0, 0.1) is 6.92 Å². The number of nitrogen functional groups attached to an aromatic ring is 1. The molecule has 21 heavy (non-hydrogen) atoms. The number of likely N-dealkylation sites (tertiary alicyclic amines) is 1. The van der Waals surface area contributed by atoms with E-state index in [1.165, 1.54) is 5.56 Å². The summed E-state index contributed by atoms with van der Waals surface area (Å²) >= 11 is 6.17. The van der Waals surface area contributed by atoms with E-state index in [-0.39, 0.29) is 0 Å². The third-order valence-electron chi connectivity index (χ3n) is 4.43. The molecule has 1 fully saturated rings. The summed E-state index contributed by atoms with van der Waals surface area (Å²) in [5, 5.41) is 5.10. The van der Waals surface area contributed by atoms with Crippen LogP contribution in [0.25, 0.3) is 0 Å².